The number of carbonyl (C=O) groups is 1. The Morgan fingerprint density at radius 3 is 2.58 bits per heavy atom. The molecule has 2 heterocycles. The van der Waals surface area contributed by atoms with Crippen molar-refractivity contribution in [2.24, 2.45) is 0 Å². The molecule has 3 N–H and O–H groups in total. The molecule has 0 aliphatic carbocycles. The number of fused-ring (bicyclic) bond motifs is 3. The van der Waals surface area contributed by atoms with Crippen molar-refractivity contribution in [1.29, 1.82) is 0 Å². The summed E-state index contributed by atoms with van der Waals surface area (Å²) < 4.78 is 16.3. The molecule has 3 rings (SSSR count). The number of methoxy groups -OCH3 is 1. The van der Waals surface area contributed by atoms with Crippen LogP contribution in [0.25, 0.3) is 0 Å². The molecule has 0 spiro atoms. The molecule has 0 unspecified atom stereocenters. The second-order valence-electron chi connectivity index (χ2n) is 7.06. The van der Waals surface area contributed by atoms with Gasteiger partial charge in [-0.05, 0) is 45.1 Å². The van der Waals surface area contributed by atoms with Crippen LogP contribution in [0.2, 0.25) is 0 Å². The third kappa shape index (κ3) is 4.11. The van der Waals surface area contributed by atoms with Crippen LogP contribution in [0.5, 0.6) is 11.5 Å². The first-order valence-corrected chi connectivity index (χ1v) is 9.04. The largest absolute Gasteiger partial charge is 0.507 e. The first-order chi connectivity index (χ1) is 12.4. The van der Waals surface area contributed by atoms with E-state index in [2.05, 4.69) is 0 Å². The quantitative estimate of drug-likeness (QED) is 0.516. The number of rotatable bonds is 1. The van der Waals surface area contributed by atoms with Gasteiger partial charge >= 0.3 is 5.97 Å². The van der Waals surface area contributed by atoms with Crippen molar-refractivity contribution in [2.75, 3.05) is 7.11 Å². The molecule has 0 radical (unpaired) electrons. The Bertz CT molecular complexity index is 660. The van der Waals surface area contributed by atoms with Crippen molar-refractivity contribution in [3.05, 3.63) is 23.3 Å². The molecule has 5 atom stereocenters. The number of aromatic hydroxyl groups is 1. The lowest BCUT2D eigenvalue weighted by atomic mass is 9.96. The molecular weight excluding hydrogens is 340 g/mol. The molecule has 0 saturated carbocycles. The highest BCUT2D eigenvalue weighted by Gasteiger charge is 2.43. The van der Waals surface area contributed by atoms with Crippen LogP contribution >= 0.6 is 0 Å². The Hall–Kier alpha value is -1.83. The number of ether oxygens (including phenoxy) is 3. The number of esters is 1. The molecule has 7 nitrogen and oxygen atoms in total. The number of cyclic esters (lactones) is 1. The lowest BCUT2D eigenvalue weighted by Crippen LogP contribution is -2.27. The van der Waals surface area contributed by atoms with Gasteiger partial charge in [0.05, 0.1) is 31.5 Å². The highest BCUT2D eigenvalue weighted by molar-refractivity contribution is 5.95. The van der Waals surface area contributed by atoms with Gasteiger partial charge in [0.25, 0.3) is 0 Å². The van der Waals surface area contributed by atoms with Gasteiger partial charge in [-0.25, -0.2) is 4.79 Å². The molecule has 7 heteroatoms. The zero-order chi connectivity index (χ0) is 18.8. The second kappa shape index (κ2) is 7.82. The number of benzene rings is 1. The van der Waals surface area contributed by atoms with E-state index in [1.54, 1.807) is 13.0 Å². The van der Waals surface area contributed by atoms with Crippen LogP contribution in [0.15, 0.2) is 12.1 Å². The van der Waals surface area contributed by atoms with Gasteiger partial charge in [0.2, 0.25) is 0 Å². The minimum Gasteiger partial charge on any atom is -0.507 e. The SMILES string of the molecule is COc1cc(O)c2c(c1)[C@H]1O[C@@H]1CC[C@H](O)[C@@H](O)CCC[C@H](C)OC2=O. The number of carbonyl (C=O) groups excluding carboxylic acids is 1. The Morgan fingerprint density at radius 1 is 1.12 bits per heavy atom. The summed E-state index contributed by atoms with van der Waals surface area (Å²) >= 11 is 0. The summed E-state index contributed by atoms with van der Waals surface area (Å²) in [4.78, 5) is 12.6. The van der Waals surface area contributed by atoms with Gasteiger partial charge in [0, 0.05) is 11.6 Å². The van der Waals surface area contributed by atoms with Crippen LogP contribution in [-0.2, 0) is 9.47 Å². The first-order valence-electron chi connectivity index (χ1n) is 9.04. The molecule has 1 fully saturated rings. The van der Waals surface area contributed by atoms with Crippen molar-refractivity contribution < 1.29 is 34.3 Å². The standard InChI is InChI=1S/C19H26O7/c1-10-4-3-5-13(20)14(21)6-7-16-18(26-16)12-8-11(24-2)9-15(22)17(12)19(23)25-10/h8-10,13-14,16,18,20-22H,3-7H2,1-2H3/t10-,13-,14-,16+,18+/m0/s1. The summed E-state index contributed by atoms with van der Waals surface area (Å²) in [6.07, 6.45) is 0.0435. The summed E-state index contributed by atoms with van der Waals surface area (Å²) in [5.41, 5.74) is 0.624. The molecule has 144 valence electrons. The summed E-state index contributed by atoms with van der Waals surface area (Å²) in [5, 5.41) is 30.5. The van der Waals surface area contributed by atoms with Gasteiger partial charge in [-0.2, -0.15) is 0 Å². The summed E-state index contributed by atoms with van der Waals surface area (Å²) in [7, 11) is 1.48. The Labute approximate surface area is 152 Å². The highest BCUT2D eigenvalue weighted by atomic mass is 16.6. The fraction of sp³-hybridized carbons (Fsp3) is 0.632. The van der Waals surface area contributed by atoms with Gasteiger partial charge in [-0.1, -0.05) is 0 Å². The van der Waals surface area contributed by atoms with Crippen LogP contribution in [0.4, 0.5) is 0 Å². The average molecular weight is 366 g/mol. The molecule has 0 aromatic heterocycles. The zero-order valence-corrected chi connectivity index (χ0v) is 15.1. The van der Waals surface area contributed by atoms with Crippen LogP contribution in [0.3, 0.4) is 0 Å². The predicted octanol–water partition coefficient (Wildman–Crippen LogP) is 2.07. The van der Waals surface area contributed by atoms with Gasteiger partial charge < -0.3 is 29.5 Å². The van der Waals surface area contributed by atoms with Crippen molar-refractivity contribution in [1.82, 2.24) is 0 Å². The van der Waals surface area contributed by atoms with Gasteiger partial charge in [-0.15, -0.1) is 0 Å². The Kier molecular flexibility index (Phi) is 5.70. The minimum absolute atomic E-state index is 0.0998. The zero-order valence-electron chi connectivity index (χ0n) is 15.1. The summed E-state index contributed by atoms with van der Waals surface area (Å²) in [6.45, 7) is 1.77. The normalized spacial score (nSPS) is 32.6. The number of hydrogen-bond acceptors (Lipinski definition) is 7. The molecule has 2 aliphatic rings. The van der Waals surface area contributed by atoms with Crippen molar-refractivity contribution in [3.63, 3.8) is 0 Å². The van der Waals surface area contributed by atoms with Gasteiger partial charge in [0.1, 0.15) is 23.2 Å². The van der Waals surface area contributed by atoms with Crippen LogP contribution in [-0.4, -0.2) is 52.8 Å². The van der Waals surface area contributed by atoms with Crippen molar-refractivity contribution in [2.45, 2.75) is 69.5 Å². The monoisotopic (exact) mass is 366 g/mol. The minimum atomic E-state index is -0.807. The first kappa shape index (κ1) is 18.9. The lowest BCUT2D eigenvalue weighted by Gasteiger charge is -2.20. The second-order valence-corrected chi connectivity index (χ2v) is 7.06. The smallest absolute Gasteiger partial charge is 0.342 e. The van der Waals surface area contributed by atoms with Crippen LogP contribution in [0.1, 0.15) is 61.1 Å². The number of phenols is 1. The Balaban J connectivity index is 1.90. The fourth-order valence-electron chi connectivity index (χ4n) is 3.46. The summed E-state index contributed by atoms with van der Waals surface area (Å²) in [5.74, 6) is -0.374. The average Bonchev–Trinajstić information content (AvgIpc) is 3.37. The van der Waals surface area contributed by atoms with E-state index in [1.165, 1.54) is 13.2 Å². The molecule has 1 aromatic carbocycles. The molecule has 1 aromatic rings. The number of aliphatic hydroxyl groups is 2. The van der Waals surface area contributed by atoms with Crippen LogP contribution < -0.4 is 4.74 Å². The fourth-order valence-corrected chi connectivity index (χ4v) is 3.46. The van der Waals surface area contributed by atoms with E-state index in [0.717, 1.165) is 0 Å². The number of aliphatic hydroxyl groups excluding tert-OH is 2. The molecule has 0 amide bonds. The third-order valence-corrected chi connectivity index (χ3v) is 5.06. The van der Waals surface area contributed by atoms with E-state index in [4.69, 9.17) is 14.2 Å². The van der Waals surface area contributed by atoms with Crippen LogP contribution in [0, 0.1) is 0 Å². The highest BCUT2D eigenvalue weighted by Crippen LogP contribution is 2.46. The molecule has 2 aliphatic heterocycles. The van der Waals surface area contributed by atoms with E-state index < -0.39 is 18.2 Å². The van der Waals surface area contributed by atoms with E-state index in [9.17, 15) is 20.1 Å². The molecule has 1 saturated heterocycles. The van der Waals surface area contributed by atoms with E-state index in [1.807, 2.05) is 0 Å². The van der Waals surface area contributed by atoms with E-state index in [-0.39, 0.29) is 29.6 Å². The molecule has 26 heavy (non-hydrogen) atoms. The van der Waals surface area contributed by atoms with Gasteiger partial charge in [0.15, 0.2) is 0 Å². The predicted molar refractivity (Wildman–Crippen MR) is 92.2 cm³/mol. The van der Waals surface area contributed by atoms with Crippen molar-refractivity contribution in [3.8, 4) is 11.5 Å². The molecule has 0 bridgehead atoms. The lowest BCUT2D eigenvalue weighted by molar-refractivity contribution is 0.00283. The maximum absolute atomic E-state index is 12.6. The summed E-state index contributed by atoms with van der Waals surface area (Å²) in [6, 6.07) is 3.05. The number of epoxide rings is 1. The Morgan fingerprint density at radius 2 is 1.85 bits per heavy atom. The van der Waals surface area contributed by atoms with E-state index >= 15 is 0 Å². The van der Waals surface area contributed by atoms with Crippen molar-refractivity contribution >= 4 is 5.97 Å². The molecular formula is C19H26O7. The maximum atomic E-state index is 12.6. The maximum Gasteiger partial charge on any atom is 0.342 e. The van der Waals surface area contributed by atoms with Gasteiger partial charge in [-0.3, -0.25) is 0 Å². The van der Waals surface area contributed by atoms with E-state index in [0.29, 0.717) is 43.4 Å². The number of hydrogen-bond donors (Lipinski definition) is 3. The topological polar surface area (TPSA) is 109 Å². The third-order valence-electron chi connectivity index (χ3n) is 5.06. The number of phenolic OH excluding ortho intramolecular Hbond substituents is 1.